The predicted octanol–water partition coefficient (Wildman–Crippen LogP) is 0.129. The van der Waals surface area contributed by atoms with E-state index < -0.39 is 10.0 Å². The lowest BCUT2D eigenvalue weighted by Crippen LogP contribution is -2.09. The fraction of sp³-hybridized carbons (Fsp3) is 0.250. The highest BCUT2D eigenvalue weighted by molar-refractivity contribution is 7.91. The molecule has 0 unspecified atom stereocenters. The van der Waals surface area contributed by atoms with Gasteiger partial charge in [-0.2, -0.15) is 0 Å². The number of rotatable bonds is 2. The third kappa shape index (κ3) is 3.12. The van der Waals surface area contributed by atoms with Gasteiger partial charge in [0.15, 0.2) is 0 Å². The lowest BCUT2D eigenvalue weighted by Gasteiger charge is -1.87. The van der Waals surface area contributed by atoms with Crippen LogP contribution in [0.15, 0.2) is 16.3 Å². The van der Waals surface area contributed by atoms with Crippen molar-refractivity contribution in [3.05, 3.63) is 17.0 Å². The molecule has 0 aliphatic rings. The van der Waals surface area contributed by atoms with Gasteiger partial charge < -0.3 is 5.11 Å². The van der Waals surface area contributed by atoms with E-state index in [2.05, 4.69) is 11.8 Å². The molecule has 76 valence electrons. The van der Waals surface area contributed by atoms with Crippen LogP contribution in [0.4, 0.5) is 0 Å². The SMILES string of the molecule is NS(=O)(=O)c1ccc(C#CCCO)s1. The third-order valence-electron chi connectivity index (χ3n) is 1.31. The molecule has 14 heavy (non-hydrogen) atoms. The van der Waals surface area contributed by atoms with Gasteiger partial charge in [-0.05, 0) is 12.1 Å². The Morgan fingerprint density at radius 2 is 2.21 bits per heavy atom. The zero-order chi connectivity index (χ0) is 10.6. The maximum atomic E-state index is 10.9. The molecule has 0 saturated heterocycles. The quantitative estimate of drug-likeness (QED) is 0.710. The van der Waals surface area contributed by atoms with Crippen LogP contribution in [0.3, 0.4) is 0 Å². The van der Waals surface area contributed by atoms with Crippen molar-refractivity contribution in [2.75, 3.05) is 6.61 Å². The molecular weight excluding hydrogens is 222 g/mol. The Morgan fingerprint density at radius 3 is 2.71 bits per heavy atom. The molecule has 0 amide bonds. The number of thiophene rings is 1. The average molecular weight is 231 g/mol. The molecule has 0 atom stereocenters. The van der Waals surface area contributed by atoms with Gasteiger partial charge in [0.2, 0.25) is 10.0 Å². The van der Waals surface area contributed by atoms with Gasteiger partial charge in [-0.15, -0.1) is 11.3 Å². The van der Waals surface area contributed by atoms with Crippen molar-refractivity contribution in [1.29, 1.82) is 0 Å². The van der Waals surface area contributed by atoms with Crippen LogP contribution in [-0.4, -0.2) is 20.1 Å². The summed E-state index contributed by atoms with van der Waals surface area (Å²) < 4.78 is 21.9. The van der Waals surface area contributed by atoms with Crippen LogP contribution >= 0.6 is 11.3 Å². The minimum Gasteiger partial charge on any atom is -0.395 e. The first-order chi connectivity index (χ1) is 6.54. The first-order valence-corrected chi connectivity index (χ1v) is 6.12. The second kappa shape index (κ2) is 4.57. The van der Waals surface area contributed by atoms with Crippen molar-refractivity contribution in [1.82, 2.24) is 0 Å². The molecule has 0 aromatic carbocycles. The Morgan fingerprint density at radius 1 is 1.50 bits per heavy atom. The summed E-state index contributed by atoms with van der Waals surface area (Å²) in [7, 11) is -3.61. The van der Waals surface area contributed by atoms with Gasteiger partial charge in [-0.1, -0.05) is 11.8 Å². The van der Waals surface area contributed by atoms with Crippen LogP contribution < -0.4 is 5.14 Å². The van der Waals surface area contributed by atoms with Crippen molar-refractivity contribution in [2.45, 2.75) is 10.6 Å². The number of hydrogen-bond donors (Lipinski definition) is 2. The van der Waals surface area contributed by atoms with E-state index in [9.17, 15) is 8.42 Å². The molecule has 0 saturated carbocycles. The summed E-state index contributed by atoms with van der Waals surface area (Å²) in [5.74, 6) is 5.42. The molecule has 1 aromatic rings. The van der Waals surface area contributed by atoms with Crippen molar-refractivity contribution < 1.29 is 13.5 Å². The van der Waals surface area contributed by atoms with Crippen molar-refractivity contribution in [2.24, 2.45) is 5.14 Å². The molecule has 0 spiro atoms. The molecule has 1 rings (SSSR count). The molecule has 1 heterocycles. The lowest BCUT2D eigenvalue weighted by molar-refractivity contribution is 0.305. The average Bonchev–Trinajstić information content (AvgIpc) is 2.52. The summed E-state index contributed by atoms with van der Waals surface area (Å²) in [6.07, 6.45) is 0.378. The van der Waals surface area contributed by atoms with Crippen molar-refractivity contribution >= 4 is 21.4 Å². The van der Waals surface area contributed by atoms with Crippen LogP contribution in [0.5, 0.6) is 0 Å². The smallest absolute Gasteiger partial charge is 0.247 e. The fourth-order valence-corrected chi connectivity index (χ4v) is 2.35. The summed E-state index contributed by atoms with van der Waals surface area (Å²) in [5, 5.41) is 13.4. The topological polar surface area (TPSA) is 80.4 Å². The first-order valence-electron chi connectivity index (χ1n) is 3.76. The molecule has 0 aliphatic heterocycles. The normalized spacial score (nSPS) is 10.7. The maximum absolute atomic E-state index is 10.9. The highest BCUT2D eigenvalue weighted by Crippen LogP contribution is 2.18. The van der Waals surface area contributed by atoms with E-state index in [0.717, 1.165) is 11.3 Å². The van der Waals surface area contributed by atoms with E-state index in [-0.39, 0.29) is 10.8 Å². The summed E-state index contributed by atoms with van der Waals surface area (Å²) in [6, 6.07) is 3.01. The molecular formula is C8H9NO3S2. The number of sulfonamides is 1. The Hall–Kier alpha value is -0.870. The molecule has 0 radical (unpaired) electrons. The number of aliphatic hydroxyl groups excluding tert-OH is 1. The van der Waals surface area contributed by atoms with Gasteiger partial charge in [-0.3, -0.25) is 0 Å². The third-order valence-corrected chi connectivity index (χ3v) is 3.75. The highest BCUT2D eigenvalue weighted by atomic mass is 32.2. The van der Waals surface area contributed by atoms with Crippen LogP contribution in [0.25, 0.3) is 0 Å². The minimum absolute atomic E-state index is 0.000417. The molecule has 0 fully saturated rings. The number of nitrogens with two attached hydrogens (primary N) is 1. The van der Waals surface area contributed by atoms with Gasteiger partial charge in [-0.25, -0.2) is 13.6 Å². The Bertz CT molecular complexity index is 464. The zero-order valence-electron chi connectivity index (χ0n) is 7.23. The predicted molar refractivity (Wildman–Crippen MR) is 54.3 cm³/mol. The van der Waals surface area contributed by atoms with Crippen LogP contribution in [-0.2, 0) is 10.0 Å². The summed E-state index contributed by atoms with van der Waals surface area (Å²) in [5.41, 5.74) is 0. The number of aliphatic hydroxyl groups is 1. The van der Waals surface area contributed by atoms with Gasteiger partial charge >= 0.3 is 0 Å². The van der Waals surface area contributed by atoms with Gasteiger partial charge in [0.1, 0.15) is 4.21 Å². The molecule has 0 bridgehead atoms. The molecule has 6 heteroatoms. The van der Waals surface area contributed by atoms with Crippen LogP contribution in [0.2, 0.25) is 0 Å². The van der Waals surface area contributed by atoms with Gasteiger partial charge in [0, 0.05) is 6.42 Å². The van der Waals surface area contributed by atoms with Gasteiger partial charge in [0.05, 0.1) is 11.5 Å². The summed E-state index contributed by atoms with van der Waals surface area (Å²) >= 11 is 1.02. The highest BCUT2D eigenvalue weighted by Gasteiger charge is 2.09. The van der Waals surface area contributed by atoms with E-state index in [1.165, 1.54) is 6.07 Å². The van der Waals surface area contributed by atoms with E-state index in [1.807, 2.05) is 0 Å². The number of primary sulfonamides is 1. The lowest BCUT2D eigenvalue weighted by atomic mass is 10.4. The monoisotopic (exact) mass is 231 g/mol. The molecule has 4 nitrogen and oxygen atoms in total. The zero-order valence-corrected chi connectivity index (χ0v) is 8.86. The van der Waals surface area contributed by atoms with E-state index in [0.29, 0.717) is 11.3 Å². The van der Waals surface area contributed by atoms with Crippen molar-refractivity contribution in [3.8, 4) is 11.8 Å². The van der Waals surface area contributed by atoms with E-state index >= 15 is 0 Å². The molecule has 1 aromatic heterocycles. The summed E-state index contributed by atoms with van der Waals surface area (Å²) in [6.45, 7) is 0.000417. The van der Waals surface area contributed by atoms with E-state index in [4.69, 9.17) is 10.2 Å². The Labute approximate surface area is 86.4 Å². The first kappa shape index (κ1) is 11.2. The van der Waals surface area contributed by atoms with E-state index in [1.54, 1.807) is 6.07 Å². The number of hydrogen-bond acceptors (Lipinski definition) is 4. The largest absolute Gasteiger partial charge is 0.395 e. The second-order valence-corrected chi connectivity index (χ2v) is 5.31. The standard InChI is InChI=1S/C8H9NO3S2/c9-14(11,12)8-5-4-7(13-8)3-1-2-6-10/h4-5,10H,2,6H2,(H2,9,11,12). The molecule has 3 N–H and O–H groups in total. The summed E-state index contributed by atoms with van der Waals surface area (Å²) in [4.78, 5) is 0.627. The second-order valence-electron chi connectivity index (χ2n) is 2.44. The van der Waals surface area contributed by atoms with Gasteiger partial charge in [0.25, 0.3) is 0 Å². The minimum atomic E-state index is -3.61. The Kier molecular flexibility index (Phi) is 3.66. The van der Waals surface area contributed by atoms with Crippen LogP contribution in [0.1, 0.15) is 11.3 Å². The maximum Gasteiger partial charge on any atom is 0.247 e. The van der Waals surface area contributed by atoms with Crippen LogP contribution in [0, 0.1) is 11.8 Å². The fourth-order valence-electron chi connectivity index (χ4n) is 0.746. The molecule has 0 aliphatic carbocycles. The Balaban J connectivity index is 2.86. The van der Waals surface area contributed by atoms with Crippen molar-refractivity contribution in [3.63, 3.8) is 0 Å².